The van der Waals surface area contributed by atoms with Crippen molar-refractivity contribution in [3.63, 3.8) is 0 Å². The number of carbonyl (C=O) groups is 1. The largest absolute Gasteiger partial charge is 3.00 e. The molecule has 1 aromatic rings. The molecule has 4 heteroatoms. The maximum Gasteiger partial charge on any atom is 3.00 e. The van der Waals surface area contributed by atoms with E-state index in [0.717, 1.165) is 6.07 Å². The maximum absolute atomic E-state index is 12.7. The molecule has 0 aromatic heterocycles. The average Bonchev–Trinajstić information content (AvgIpc) is 1.94. The number of hydrogen-bond acceptors (Lipinski definition) is 1. The summed E-state index contributed by atoms with van der Waals surface area (Å²) < 4.78 is 12.7. The average molecular weight is 242 g/mol. The van der Waals surface area contributed by atoms with Crippen molar-refractivity contribution in [1.29, 1.82) is 0 Å². The molecule has 1 aromatic carbocycles. The molecular weight excluding hydrogens is 236 g/mol. The van der Waals surface area contributed by atoms with E-state index >= 15 is 0 Å². The predicted molar refractivity (Wildman–Crippen MR) is 36.9 cm³/mol. The second-order valence-electron chi connectivity index (χ2n) is 2.18. The minimum Gasteiger partial charge on any atom is -0.521 e. The van der Waals surface area contributed by atoms with Gasteiger partial charge in [-0.2, -0.15) is 0 Å². The molecule has 12 heavy (non-hydrogen) atoms. The molecule has 0 bridgehead atoms. The normalized spacial score (nSPS) is 8.83. The Kier molecular flexibility index (Phi) is 4.57. The molecule has 0 amide bonds. The molecule has 0 spiro atoms. The number of rotatable bonds is 1. The van der Waals surface area contributed by atoms with Crippen molar-refractivity contribution in [2.45, 2.75) is 6.92 Å². The smallest absolute Gasteiger partial charge is 0.521 e. The van der Waals surface area contributed by atoms with Gasteiger partial charge in [0, 0.05) is 5.82 Å². The monoisotopic (exact) mass is 242 g/mol. The van der Waals surface area contributed by atoms with Crippen molar-refractivity contribution in [1.82, 2.24) is 0 Å². The third-order valence-corrected chi connectivity index (χ3v) is 1.32. The Hall–Kier alpha value is -0.276. The van der Waals surface area contributed by atoms with E-state index in [9.17, 15) is 9.18 Å². The zero-order valence-electron chi connectivity index (χ0n) is 6.47. The van der Waals surface area contributed by atoms with E-state index in [-0.39, 0.29) is 38.3 Å². The number of aromatic carboxylic acids is 1. The molecule has 0 aliphatic rings. The van der Waals surface area contributed by atoms with Crippen molar-refractivity contribution in [3.8, 4) is 0 Å². The van der Waals surface area contributed by atoms with Gasteiger partial charge in [-0.15, -0.1) is 18.2 Å². The molecule has 0 fully saturated rings. The van der Waals surface area contributed by atoms with Crippen LogP contribution in [0, 0.1) is 18.8 Å². The third-order valence-electron chi connectivity index (χ3n) is 1.32. The molecule has 0 heterocycles. The van der Waals surface area contributed by atoms with Crippen LogP contribution in [0.5, 0.6) is 0 Å². The summed E-state index contributed by atoms with van der Waals surface area (Å²) in [6.07, 6.45) is 0. The molecule has 58 valence electrons. The van der Waals surface area contributed by atoms with Crippen molar-refractivity contribution < 1.29 is 47.0 Å². The Labute approximate surface area is 94.7 Å². The fourth-order valence-electron chi connectivity index (χ4n) is 0.661. The summed E-state index contributed by atoms with van der Waals surface area (Å²) >= 11 is 0. The third kappa shape index (κ3) is 2.65. The van der Waals surface area contributed by atoms with Gasteiger partial charge in [0.05, 0.1) is 0 Å². The summed E-state index contributed by atoms with van der Waals surface area (Å²) in [4.78, 5) is 10.3. The van der Waals surface area contributed by atoms with E-state index in [0.29, 0.717) is 5.56 Å². The van der Waals surface area contributed by atoms with Crippen LogP contribution in [0.1, 0.15) is 15.9 Å². The van der Waals surface area contributed by atoms with Gasteiger partial charge in [0.1, 0.15) is 0 Å². The second kappa shape index (κ2) is 4.68. The first-order valence-electron chi connectivity index (χ1n) is 3.02. The van der Waals surface area contributed by atoms with Gasteiger partial charge in [0.25, 0.3) is 0 Å². The van der Waals surface area contributed by atoms with Crippen molar-refractivity contribution in [2.24, 2.45) is 0 Å². The molecule has 0 radical (unpaired) electrons. The van der Waals surface area contributed by atoms with Crippen LogP contribution >= 0.6 is 0 Å². The van der Waals surface area contributed by atoms with Gasteiger partial charge in [-0.1, -0.05) is 18.1 Å². The van der Waals surface area contributed by atoms with Crippen molar-refractivity contribution >= 4 is 5.97 Å². The standard InChI is InChI=1S/C8H6FO2.Y/c1-5-2-3-6(8(10)11)4-7(5)9;/h2,4H,1H3,(H,10,11);/q-1;+3. The van der Waals surface area contributed by atoms with Gasteiger partial charge in [-0.3, -0.25) is 0 Å². The van der Waals surface area contributed by atoms with Crippen LogP contribution in [0.15, 0.2) is 12.1 Å². The van der Waals surface area contributed by atoms with Gasteiger partial charge < -0.3 is 9.90 Å². The quantitative estimate of drug-likeness (QED) is 0.760. The molecule has 2 nitrogen and oxygen atoms in total. The predicted octanol–water partition coefficient (Wildman–Crippen LogP) is 1.63. The summed E-state index contributed by atoms with van der Waals surface area (Å²) in [5.41, 5.74) is 0.253. The van der Waals surface area contributed by atoms with Gasteiger partial charge in [0.2, 0.25) is 5.97 Å². The van der Waals surface area contributed by atoms with Crippen LogP contribution in [0.2, 0.25) is 0 Å². The number of halogens is 1. The number of hydrogen-bond donors (Lipinski definition) is 1. The fraction of sp³-hybridized carbons (Fsp3) is 0.125. The van der Waals surface area contributed by atoms with Crippen LogP contribution in [0.25, 0.3) is 0 Å². The summed E-state index contributed by atoms with van der Waals surface area (Å²) in [6, 6.07) is 4.71. The number of carboxylic acid groups (broad SMARTS) is 1. The SMILES string of the molecule is Cc1c[c-]c(C(=O)O)cc1F.[Y+3]. The van der Waals surface area contributed by atoms with Crippen molar-refractivity contribution in [2.75, 3.05) is 0 Å². The molecule has 1 N–H and O–H groups in total. The van der Waals surface area contributed by atoms with Crippen LogP contribution in [0.4, 0.5) is 4.39 Å². The molecule has 0 saturated carbocycles. The van der Waals surface area contributed by atoms with E-state index in [1.54, 1.807) is 6.92 Å². The molecular formula is C8H6FO2Y+2. The molecule has 0 saturated heterocycles. The number of aryl methyl sites for hydroxylation is 1. The van der Waals surface area contributed by atoms with E-state index in [2.05, 4.69) is 6.07 Å². The first-order valence-corrected chi connectivity index (χ1v) is 3.02. The van der Waals surface area contributed by atoms with Gasteiger partial charge in [-0.25, -0.2) is 4.39 Å². The zero-order valence-corrected chi connectivity index (χ0v) is 9.30. The Bertz CT molecular complexity index is 299. The Morgan fingerprint density at radius 3 is 2.67 bits per heavy atom. The minimum atomic E-state index is -1.16. The first-order chi connectivity index (χ1) is 5.11. The summed E-state index contributed by atoms with van der Waals surface area (Å²) in [5.74, 6) is -1.68. The van der Waals surface area contributed by atoms with Gasteiger partial charge in [0.15, 0.2) is 0 Å². The van der Waals surface area contributed by atoms with E-state index in [4.69, 9.17) is 5.11 Å². The first kappa shape index (κ1) is 11.7. The Morgan fingerprint density at radius 2 is 2.25 bits per heavy atom. The zero-order chi connectivity index (χ0) is 8.43. The summed E-state index contributed by atoms with van der Waals surface area (Å²) in [7, 11) is 0. The fourth-order valence-corrected chi connectivity index (χ4v) is 0.661. The molecule has 0 aliphatic heterocycles. The maximum atomic E-state index is 12.7. The molecule has 0 atom stereocenters. The Morgan fingerprint density at radius 1 is 1.67 bits per heavy atom. The summed E-state index contributed by atoms with van der Waals surface area (Å²) in [6.45, 7) is 1.55. The van der Waals surface area contributed by atoms with Crippen LogP contribution < -0.4 is 0 Å². The number of benzene rings is 1. The van der Waals surface area contributed by atoms with Crippen LogP contribution in [-0.4, -0.2) is 11.1 Å². The van der Waals surface area contributed by atoms with E-state index in [1.807, 2.05) is 0 Å². The molecule has 0 unspecified atom stereocenters. The molecule has 0 aliphatic carbocycles. The second-order valence-corrected chi connectivity index (χ2v) is 2.18. The van der Waals surface area contributed by atoms with E-state index in [1.165, 1.54) is 6.07 Å². The number of carboxylic acids is 1. The molecule has 1 rings (SSSR count). The topological polar surface area (TPSA) is 37.3 Å². The Balaban J connectivity index is 0.00000121. The van der Waals surface area contributed by atoms with Crippen LogP contribution in [-0.2, 0) is 32.7 Å². The van der Waals surface area contributed by atoms with Crippen LogP contribution in [0.3, 0.4) is 0 Å². The van der Waals surface area contributed by atoms with Gasteiger partial charge >= 0.3 is 32.7 Å². The van der Waals surface area contributed by atoms with Crippen molar-refractivity contribution in [3.05, 3.63) is 35.1 Å². The summed E-state index contributed by atoms with van der Waals surface area (Å²) in [5, 5.41) is 8.40. The van der Waals surface area contributed by atoms with Gasteiger partial charge in [-0.05, 0) is 0 Å². The van der Waals surface area contributed by atoms with E-state index < -0.39 is 11.8 Å². The minimum absolute atomic E-state index is 0.